The molecule has 158 valence electrons. The fourth-order valence-corrected chi connectivity index (χ4v) is 3.90. The number of carbonyl (C=O) groups excluding carboxylic acids is 1. The zero-order valence-electron chi connectivity index (χ0n) is 16.9. The molecule has 0 saturated carbocycles. The van der Waals surface area contributed by atoms with Gasteiger partial charge in [-0.25, -0.2) is 4.39 Å². The Morgan fingerprint density at radius 2 is 1.97 bits per heavy atom. The van der Waals surface area contributed by atoms with Crippen LogP contribution in [-0.2, 0) is 17.0 Å². The molecular formula is C22H24ClFN4OS. The first-order chi connectivity index (χ1) is 14.4. The molecule has 0 radical (unpaired) electrons. The van der Waals surface area contributed by atoms with Gasteiger partial charge in [-0.3, -0.25) is 9.36 Å². The molecule has 0 unspecified atom stereocenters. The number of carbonyl (C=O) groups is 1. The molecule has 0 spiro atoms. The molecule has 3 aromatic rings. The number of rotatable bonds is 9. The van der Waals surface area contributed by atoms with E-state index in [1.54, 1.807) is 18.2 Å². The zero-order chi connectivity index (χ0) is 21.5. The highest BCUT2D eigenvalue weighted by atomic mass is 35.5. The van der Waals surface area contributed by atoms with Gasteiger partial charge in [0.2, 0.25) is 5.91 Å². The highest BCUT2D eigenvalue weighted by Gasteiger charge is 2.16. The second-order valence-corrected chi connectivity index (χ2v) is 8.71. The van der Waals surface area contributed by atoms with Gasteiger partial charge in [0, 0.05) is 30.2 Å². The second-order valence-electron chi connectivity index (χ2n) is 7.33. The quantitative estimate of drug-likeness (QED) is 0.467. The summed E-state index contributed by atoms with van der Waals surface area (Å²) in [6, 6.07) is 13.8. The molecule has 1 heterocycles. The summed E-state index contributed by atoms with van der Waals surface area (Å²) in [4.78, 5) is 12.1. The second kappa shape index (κ2) is 10.6. The molecule has 1 amide bonds. The smallest absolute Gasteiger partial charge is 0.220 e. The lowest BCUT2D eigenvalue weighted by Crippen LogP contribution is -2.27. The van der Waals surface area contributed by atoms with Crippen LogP contribution in [0.1, 0.15) is 31.7 Å². The number of hydrogen-bond acceptors (Lipinski definition) is 4. The topological polar surface area (TPSA) is 59.8 Å². The van der Waals surface area contributed by atoms with Crippen LogP contribution in [0.4, 0.5) is 4.39 Å². The SMILES string of the molecule is CC(C)CNC(=O)CCc1nnc(SCc2ccc(F)cc2)n1-c1cccc(Cl)c1. The maximum atomic E-state index is 13.1. The van der Waals surface area contributed by atoms with Crippen molar-refractivity contribution in [1.29, 1.82) is 0 Å². The number of thioether (sulfide) groups is 1. The molecule has 0 bridgehead atoms. The van der Waals surface area contributed by atoms with Crippen molar-refractivity contribution in [2.45, 2.75) is 37.6 Å². The van der Waals surface area contributed by atoms with E-state index in [1.807, 2.05) is 22.8 Å². The van der Waals surface area contributed by atoms with Gasteiger partial charge in [0.1, 0.15) is 11.6 Å². The first kappa shape index (κ1) is 22.3. The fourth-order valence-electron chi connectivity index (χ4n) is 2.79. The third-order valence-corrected chi connectivity index (χ3v) is 5.57. The molecule has 0 fully saturated rings. The molecular weight excluding hydrogens is 423 g/mol. The number of aromatic nitrogens is 3. The van der Waals surface area contributed by atoms with Gasteiger partial charge in [-0.2, -0.15) is 0 Å². The van der Waals surface area contributed by atoms with E-state index < -0.39 is 0 Å². The molecule has 1 N–H and O–H groups in total. The first-order valence-electron chi connectivity index (χ1n) is 9.76. The van der Waals surface area contributed by atoms with Gasteiger partial charge in [0.15, 0.2) is 5.16 Å². The maximum absolute atomic E-state index is 13.1. The largest absolute Gasteiger partial charge is 0.356 e. The molecule has 0 atom stereocenters. The summed E-state index contributed by atoms with van der Waals surface area (Å²) in [7, 11) is 0. The van der Waals surface area contributed by atoms with Crippen LogP contribution in [0.3, 0.4) is 0 Å². The lowest BCUT2D eigenvalue weighted by atomic mass is 10.2. The molecule has 30 heavy (non-hydrogen) atoms. The summed E-state index contributed by atoms with van der Waals surface area (Å²) in [5.41, 5.74) is 1.82. The maximum Gasteiger partial charge on any atom is 0.220 e. The Balaban J connectivity index is 1.78. The van der Waals surface area contributed by atoms with E-state index in [-0.39, 0.29) is 11.7 Å². The summed E-state index contributed by atoms with van der Waals surface area (Å²) >= 11 is 7.69. The Hall–Kier alpha value is -2.38. The molecule has 8 heteroatoms. The lowest BCUT2D eigenvalue weighted by Gasteiger charge is -2.11. The standard InChI is InChI=1S/C22H24ClFN4OS/c1-15(2)13-25-21(29)11-10-20-26-27-22(28(20)19-5-3-4-17(23)12-19)30-14-16-6-8-18(24)9-7-16/h3-9,12,15H,10-11,13-14H2,1-2H3,(H,25,29). The number of benzene rings is 2. The minimum atomic E-state index is -0.260. The van der Waals surface area contributed by atoms with E-state index >= 15 is 0 Å². The van der Waals surface area contributed by atoms with Gasteiger partial charge in [0.05, 0.1) is 5.69 Å². The van der Waals surface area contributed by atoms with E-state index in [4.69, 9.17) is 11.6 Å². The third kappa shape index (κ3) is 6.31. The van der Waals surface area contributed by atoms with Crippen LogP contribution >= 0.6 is 23.4 Å². The van der Waals surface area contributed by atoms with Gasteiger partial charge >= 0.3 is 0 Å². The number of hydrogen-bond donors (Lipinski definition) is 1. The van der Waals surface area contributed by atoms with Crippen molar-refractivity contribution in [3.8, 4) is 5.69 Å². The molecule has 5 nitrogen and oxygen atoms in total. The Morgan fingerprint density at radius 1 is 1.20 bits per heavy atom. The number of nitrogens with zero attached hydrogens (tertiary/aromatic N) is 3. The van der Waals surface area contributed by atoms with E-state index in [0.29, 0.717) is 47.1 Å². The lowest BCUT2D eigenvalue weighted by molar-refractivity contribution is -0.121. The number of amides is 1. The van der Waals surface area contributed by atoms with Crippen LogP contribution in [-0.4, -0.2) is 27.2 Å². The molecule has 0 aliphatic heterocycles. The van der Waals surface area contributed by atoms with Crippen LogP contribution in [0.15, 0.2) is 53.7 Å². The molecule has 2 aromatic carbocycles. The van der Waals surface area contributed by atoms with Gasteiger partial charge in [0.25, 0.3) is 0 Å². The summed E-state index contributed by atoms with van der Waals surface area (Å²) in [5.74, 6) is 1.44. The summed E-state index contributed by atoms with van der Waals surface area (Å²) in [5, 5.41) is 12.9. The number of aryl methyl sites for hydroxylation is 1. The molecule has 3 rings (SSSR count). The van der Waals surface area contributed by atoms with Gasteiger partial charge in [-0.05, 0) is 41.8 Å². The molecule has 1 aromatic heterocycles. The minimum Gasteiger partial charge on any atom is -0.356 e. The van der Waals surface area contributed by atoms with Crippen LogP contribution in [0, 0.1) is 11.7 Å². The Labute approximate surface area is 185 Å². The van der Waals surface area contributed by atoms with Gasteiger partial charge < -0.3 is 5.32 Å². The van der Waals surface area contributed by atoms with Crippen LogP contribution in [0.5, 0.6) is 0 Å². The monoisotopic (exact) mass is 446 g/mol. The normalized spacial score (nSPS) is 11.1. The van der Waals surface area contributed by atoms with E-state index in [9.17, 15) is 9.18 Å². The van der Waals surface area contributed by atoms with Gasteiger partial charge in [-0.1, -0.05) is 55.4 Å². The van der Waals surface area contributed by atoms with Crippen molar-refractivity contribution in [2.24, 2.45) is 5.92 Å². The van der Waals surface area contributed by atoms with Crippen molar-refractivity contribution >= 4 is 29.3 Å². The van der Waals surface area contributed by atoms with Crippen molar-refractivity contribution in [3.05, 3.63) is 70.8 Å². The Bertz CT molecular complexity index is 991. The van der Waals surface area contributed by atoms with Crippen LogP contribution < -0.4 is 5.32 Å². The fraction of sp³-hybridized carbons (Fsp3) is 0.318. The summed E-state index contributed by atoms with van der Waals surface area (Å²) < 4.78 is 15.1. The highest BCUT2D eigenvalue weighted by Crippen LogP contribution is 2.27. The molecule has 0 aliphatic rings. The van der Waals surface area contributed by atoms with E-state index in [1.165, 1.54) is 23.9 Å². The van der Waals surface area contributed by atoms with Crippen molar-refractivity contribution in [2.75, 3.05) is 6.54 Å². The number of halogens is 2. The zero-order valence-corrected chi connectivity index (χ0v) is 18.5. The molecule has 0 saturated heterocycles. The first-order valence-corrected chi connectivity index (χ1v) is 11.1. The highest BCUT2D eigenvalue weighted by molar-refractivity contribution is 7.98. The third-order valence-electron chi connectivity index (χ3n) is 4.33. The number of nitrogens with one attached hydrogen (secondary N) is 1. The summed E-state index contributed by atoms with van der Waals surface area (Å²) in [6.07, 6.45) is 0.786. The predicted octanol–water partition coefficient (Wildman–Crippen LogP) is 5.06. The van der Waals surface area contributed by atoms with Crippen LogP contribution in [0.2, 0.25) is 5.02 Å². The van der Waals surface area contributed by atoms with E-state index in [2.05, 4.69) is 29.4 Å². The van der Waals surface area contributed by atoms with Crippen molar-refractivity contribution in [3.63, 3.8) is 0 Å². The predicted molar refractivity (Wildman–Crippen MR) is 118 cm³/mol. The van der Waals surface area contributed by atoms with Crippen molar-refractivity contribution in [1.82, 2.24) is 20.1 Å². The Kier molecular flexibility index (Phi) is 7.87. The van der Waals surface area contributed by atoms with Gasteiger partial charge in [-0.15, -0.1) is 10.2 Å². The molecule has 0 aliphatic carbocycles. The summed E-state index contributed by atoms with van der Waals surface area (Å²) in [6.45, 7) is 4.76. The minimum absolute atomic E-state index is 0.00939. The van der Waals surface area contributed by atoms with E-state index in [0.717, 1.165) is 11.3 Å². The Morgan fingerprint density at radius 3 is 2.67 bits per heavy atom. The average Bonchev–Trinajstić information content (AvgIpc) is 3.13. The van der Waals surface area contributed by atoms with Crippen LogP contribution in [0.25, 0.3) is 5.69 Å². The van der Waals surface area contributed by atoms with Crippen molar-refractivity contribution < 1.29 is 9.18 Å². The average molecular weight is 447 g/mol.